The smallest absolute Gasteiger partial charge is 0.244 e. The molecule has 5 nitrogen and oxygen atoms in total. The van der Waals surface area contributed by atoms with E-state index in [1.165, 1.54) is 4.31 Å². The van der Waals surface area contributed by atoms with E-state index in [1.807, 2.05) is 31.2 Å². The number of amides is 1. The molecule has 0 saturated heterocycles. The van der Waals surface area contributed by atoms with E-state index in [0.29, 0.717) is 10.7 Å². The van der Waals surface area contributed by atoms with Crippen molar-refractivity contribution in [2.24, 2.45) is 0 Å². The van der Waals surface area contributed by atoms with Crippen LogP contribution in [0.4, 0.5) is 5.69 Å². The molecule has 0 saturated carbocycles. The van der Waals surface area contributed by atoms with Crippen molar-refractivity contribution in [1.29, 1.82) is 0 Å². The van der Waals surface area contributed by atoms with Crippen LogP contribution in [0.5, 0.6) is 0 Å². The second kappa shape index (κ2) is 8.63. The predicted molar refractivity (Wildman–Crippen MR) is 123 cm³/mol. The molecule has 3 aromatic rings. The molecule has 0 unspecified atom stereocenters. The quantitative estimate of drug-likeness (QED) is 0.574. The lowest BCUT2D eigenvalue weighted by Crippen LogP contribution is -2.50. The second-order valence-corrected chi connectivity index (χ2v) is 10.1. The van der Waals surface area contributed by atoms with Gasteiger partial charge in [-0.05, 0) is 48.7 Å². The van der Waals surface area contributed by atoms with E-state index in [4.69, 9.17) is 23.2 Å². The van der Waals surface area contributed by atoms with E-state index in [1.54, 1.807) is 42.5 Å². The fraction of sp³-hybridized carbons (Fsp3) is 0.174. The molecular weight excluding hydrogens is 455 g/mol. The van der Waals surface area contributed by atoms with Gasteiger partial charge in [0.25, 0.3) is 0 Å². The third kappa shape index (κ3) is 4.34. The predicted octanol–water partition coefficient (Wildman–Crippen LogP) is 5.06. The summed E-state index contributed by atoms with van der Waals surface area (Å²) in [5, 5.41) is 3.27. The van der Waals surface area contributed by atoms with Gasteiger partial charge in [-0.3, -0.25) is 4.79 Å². The maximum absolute atomic E-state index is 13.5. The van der Waals surface area contributed by atoms with E-state index in [2.05, 4.69) is 5.32 Å². The number of hydrogen-bond donors (Lipinski definition) is 1. The Balaban J connectivity index is 1.73. The molecule has 0 aromatic heterocycles. The number of hydrogen-bond acceptors (Lipinski definition) is 3. The summed E-state index contributed by atoms with van der Waals surface area (Å²) >= 11 is 12.3. The highest BCUT2D eigenvalue weighted by Gasteiger charge is 2.39. The van der Waals surface area contributed by atoms with Crippen LogP contribution in [-0.4, -0.2) is 24.7 Å². The van der Waals surface area contributed by atoms with Crippen molar-refractivity contribution >= 4 is 44.8 Å². The van der Waals surface area contributed by atoms with Crippen molar-refractivity contribution in [3.05, 3.63) is 93.5 Å². The van der Waals surface area contributed by atoms with E-state index in [0.717, 1.165) is 16.7 Å². The maximum Gasteiger partial charge on any atom is 0.244 e. The highest BCUT2D eigenvalue weighted by molar-refractivity contribution is 7.89. The molecule has 1 aliphatic rings. The maximum atomic E-state index is 13.5. The van der Waals surface area contributed by atoms with Gasteiger partial charge in [-0.2, -0.15) is 4.31 Å². The minimum Gasteiger partial charge on any atom is -0.323 e. The SMILES string of the molecule is Cc1ccc(S(=O)(=O)N2Cc3ccccc3C[C@H]2C(=O)Nc2cccc(Cl)c2Cl)cc1. The van der Waals surface area contributed by atoms with Crippen molar-refractivity contribution in [2.45, 2.75) is 30.8 Å². The topological polar surface area (TPSA) is 66.5 Å². The molecular formula is C23H20Cl2N2O3S. The summed E-state index contributed by atoms with van der Waals surface area (Å²) in [6.45, 7) is 1.99. The van der Waals surface area contributed by atoms with Crippen LogP contribution >= 0.6 is 23.2 Å². The van der Waals surface area contributed by atoms with Crippen LogP contribution in [0.25, 0.3) is 0 Å². The molecule has 1 N–H and O–H groups in total. The zero-order valence-electron chi connectivity index (χ0n) is 16.7. The van der Waals surface area contributed by atoms with Crippen molar-refractivity contribution in [1.82, 2.24) is 4.31 Å². The number of sulfonamides is 1. The molecule has 0 bridgehead atoms. The second-order valence-electron chi connectivity index (χ2n) is 7.44. The third-order valence-electron chi connectivity index (χ3n) is 5.35. The first-order chi connectivity index (χ1) is 14.8. The lowest BCUT2D eigenvalue weighted by Gasteiger charge is -2.35. The Morgan fingerprint density at radius 2 is 1.65 bits per heavy atom. The number of halogens is 2. The monoisotopic (exact) mass is 474 g/mol. The summed E-state index contributed by atoms with van der Waals surface area (Å²) in [6, 6.07) is 18.1. The van der Waals surface area contributed by atoms with E-state index >= 15 is 0 Å². The highest BCUT2D eigenvalue weighted by atomic mass is 35.5. The van der Waals surface area contributed by atoms with Gasteiger partial charge in [-0.25, -0.2) is 8.42 Å². The molecule has 0 aliphatic carbocycles. The van der Waals surface area contributed by atoms with Crippen molar-refractivity contribution in [2.75, 3.05) is 5.32 Å². The van der Waals surface area contributed by atoms with Gasteiger partial charge in [0.1, 0.15) is 6.04 Å². The minimum atomic E-state index is -3.91. The molecule has 8 heteroatoms. The van der Waals surface area contributed by atoms with Crippen LogP contribution in [0.1, 0.15) is 16.7 Å². The molecule has 1 aliphatic heterocycles. The Morgan fingerprint density at radius 1 is 0.968 bits per heavy atom. The van der Waals surface area contributed by atoms with Gasteiger partial charge in [0.05, 0.1) is 20.6 Å². The number of nitrogens with zero attached hydrogens (tertiary/aromatic N) is 1. The van der Waals surface area contributed by atoms with Crippen LogP contribution in [0, 0.1) is 6.92 Å². The Bertz CT molecular complexity index is 1240. The minimum absolute atomic E-state index is 0.105. The first-order valence-corrected chi connectivity index (χ1v) is 11.9. The summed E-state index contributed by atoms with van der Waals surface area (Å²) < 4.78 is 28.2. The Labute approximate surface area is 191 Å². The molecule has 1 atom stereocenters. The van der Waals surface area contributed by atoms with Gasteiger partial charge < -0.3 is 5.32 Å². The van der Waals surface area contributed by atoms with Crippen LogP contribution in [0.3, 0.4) is 0 Å². The molecule has 0 fully saturated rings. The number of nitrogens with one attached hydrogen (secondary N) is 1. The summed E-state index contributed by atoms with van der Waals surface area (Å²) in [5.41, 5.74) is 3.11. The fourth-order valence-corrected chi connectivity index (χ4v) is 5.55. The number of rotatable bonds is 4. The standard InChI is InChI=1S/C23H20Cl2N2O3S/c1-15-9-11-18(12-10-15)31(29,30)27-14-17-6-3-2-5-16(17)13-21(27)23(28)26-20-8-4-7-19(24)22(20)25/h2-12,21H,13-14H2,1H3,(H,26,28)/t21-/m0/s1. The van der Waals surface area contributed by atoms with Gasteiger partial charge in [0.2, 0.25) is 15.9 Å². The largest absolute Gasteiger partial charge is 0.323 e. The Kier molecular flexibility index (Phi) is 6.08. The van der Waals surface area contributed by atoms with E-state index in [-0.39, 0.29) is 22.9 Å². The number of carbonyl (C=O) groups is 1. The molecule has 1 heterocycles. The highest BCUT2D eigenvalue weighted by Crippen LogP contribution is 2.32. The lowest BCUT2D eigenvalue weighted by molar-refractivity contribution is -0.120. The van der Waals surface area contributed by atoms with Gasteiger partial charge in [0.15, 0.2) is 0 Å². The molecule has 0 spiro atoms. The molecule has 0 radical (unpaired) electrons. The number of carbonyl (C=O) groups excluding carboxylic acids is 1. The Morgan fingerprint density at radius 3 is 2.35 bits per heavy atom. The van der Waals surface area contributed by atoms with E-state index in [9.17, 15) is 13.2 Å². The molecule has 1 amide bonds. The molecule has 31 heavy (non-hydrogen) atoms. The first kappa shape index (κ1) is 21.8. The number of benzene rings is 3. The zero-order valence-corrected chi connectivity index (χ0v) is 19.0. The van der Waals surface area contributed by atoms with Crippen LogP contribution < -0.4 is 5.32 Å². The van der Waals surface area contributed by atoms with Gasteiger partial charge >= 0.3 is 0 Å². The Hall–Kier alpha value is -2.38. The molecule has 160 valence electrons. The third-order valence-corrected chi connectivity index (χ3v) is 8.03. The number of anilines is 1. The summed E-state index contributed by atoms with van der Waals surface area (Å²) in [7, 11) is -3.91. The van der Waals surface area contributed by atoms with Crippen molar-refractivity contribution < 1.29 is 13.2 Å². The van der Waals surface area contributed by atoms with Crippen LogP contribution in [0.15, 0.2) is 71.6 Å². The molecule has 4 rings (SSSR count). The average molecular weight is 475 g/mol. The van der Waals surface area contributed by atoms with Gasteiger partial charge in [0, 0.05) is 6.54 Å². The summed E-state index contributed by atoms with van der Waals surface area (Å²) in [6.07, 6.45) is 0.255. The summed E-state index contributed by atoms with van der Waals surface area (Å²) in [4.78, 5) is 13.4. The van der Waals surface area contributed by atoms with Crippen LogP contribution in [0.2, 0.25) is 10.0 Å². The first-order valence-electron chi connectivity index (χ1n) is 9.67. The van der Waals surface area contributed by atoms with Crippen LogP contribution in [-0.2, 0) is 27.8 Å². The van der Waals surface area contributed by atoms with Gasteiger partial charge in [-0.15, -0.1) is 0 Å². The average Bonchev–Trinajstić information content (AvgIpc) is 2.76. The fourth-order valence-electron chi connectivity index (χ4n) is 3.64. The molecule has 3 aromatic carbocycles. The zero-order chi connectivity index (χ0) is 22.2. The number of aryl methyl sites for hydroxylation is 1. The lowest BCUT2D eigenvalue weighted by atomic mass is 9.95. The van der Waals surface area contributed by atoms with Crippen molar-refractivity contribution in [3.8, 4) is 0 Å². The van der Waals surface area contributed by atoms with E-state index < -0.39 is 22.0 Å². The summed E-state index contributed by atoms with van der Waals surface area (Å²) in [5.74, 6) is -0.464. The number of fused-ring (bicyclic) bond motifs is 1. The van der Waals surface area contributed by atoms with Gasteiger partial charge in [-0.1, -0.05) is 71.2 Å². The van der Waals surface area contributed by atoms with Crippen molar-refractivity contribution in [3.63, 3.8) is 0 Å². The normalized spacial score (nSPS) is 16.5.